The highest BCUT2D eigenvalue weighted by molar-refractivity contribution is 7.99. The number of rotatable bonds is 4. The van der Waals surface area contributed by atoms with Crippen LogP contribution in [0.25, 0.3) is 0 Å². The number of hydrogen-bond donors (Lipinski definition) is 2. The Labute approximate surface area is 126 Å². The largest absolute Gasteiger partial charge is 0.480 e. The highest BCUT2D eigenvalue weighted by atomic mass is 32.2. The van der Waals surface area contributed by atoms with Crippen molar-refractivity contribution in [3.8, 4) is 0 Å². The molecular weight excluding hydrogens is 292 g/mol. The van der Waals surface area contributed by atoms with E-state index in [-0.39, 0.29) is 18.4 Å². The summed E-state index contributed by atoms with van der Waals surface area (Å²) in [5, 5.41) is 11.5. The monoisotopic (exact) mass is 308 g/mol. The number of carboxylic acids is 1. The molecule has 6 nitrogen and oxygen atoms in total. The van der Waals surface area contributed by atoms with Crippen molar-refractivity contribution in [2.75, 3.05) is 24.6 Å². The van der Waals surface area contributed by atoms with Gasteiger partial charge in [0.15, 0.2) is 0 Å². The molecule has 0 aliphatic carbocycles. The van der Waals surface area contributed by atoms with Gasteiger partial charge in [-0.2, -0.15) is 11.8 Å². The summed E-state index contributed by atoms with van der Waals surface area (Å²) in [5.41, 5.74) is 0.476. The average Bonchev–Trinajstić information content (AvgIpc) is 2.63. The summed E-state index contributed by atoms with van der Waals surface area (Å²) in [6.07, 6.45) is 0. The maximum Gasteiger partial charge on any atom is 0.323 e. The zero-order valence-corrected chi connectivity index (χ0v) is 12.1. The minimum Gasteiger partial charge on any atom is -0.480 e. The van der Waals surface area contributed by atoms with E-state index in [1.807, 2.05) is 0 Å². The summed E-state index contributed by atoms with van der Waals surface area (Å²) in [6.45, 7) is 0.0462. The van der Waals surface area contributed by atoms with E-state index in [2.05, 4.69) is 5.32 Å². The number of nitrogens with zero attached hydrogens (tertiary/aromatic N) is 1. The predicted octanol–water partition coefficient (Wildman–Crippen LogP) is 0.445. The summed E-state index contributed by atoms with van der Waals surface area (Å²) < 4.78 is 0. The molecule has 2 N–H and O–H groups in total. The highest BCUT2D eigenvalue weighted by Crippen LogP contribution is 2.13. The molecule has 1 aromatic rings. The molecule has 1 saturated heterocycles. The molecule has 1 aliphatic heterocycles. The molecule has 1 heterocycles. The standard InChI is InChI=1S/C14H16N2O4S/c17-12(18)8-16-6-7-21-9-11(14(16)20)15-13(19)10-4-2-1-3-5-10/h1-5,11H,6-9H2,(H,15,19)(H,17,18)/t11-/m0/s1. The van der Waals surface area contributed by atoms with Crippen LogP contribution in [0.1, 0.15) is 10.4 Å². The lowest BCUT2D eigenvalue weighted by Crippen LogP contribution is -2.50. The van der Waals surface area contributed by atoms with Crippen LogP contribution in [0, 0.1) is 0 Å². The molecule has 2 rings (SSSR count). The van der Waals surface area contributed by atoms with E-state index in [1.54, 1.807) is 30.3 Å². The fourth-order valence-electron chi connectivity index (χ4n) is 2.03. The van der Waals surface area contributed by atoms with Crippen LogP contribution < -0.4 is 5.32 Å². The molecule has 1 atom stereocenters. The number of carboxylic acid groups (broad SMARTS) is 1. The lowest BCUT2D eigenvalue weighted by molar-refractivity contribution is -0.144. The van der Waals surface area contributed by atoms with Crippen LogP contribution in [0.4, 0.5) is 0 Å². The Morgan fingerprint density at radius 1 is 1.33 bits per heavy atom. The lowest BCUT2D eigenvalue weighted by atomic mass is 10.2. The van der Waals surface area contributed by atoms with Gasteiger partial charge in [-0.15, -0.1) is 0 Å². The third-order valence-corrected chi connectivity index (χ3v) is 4.11. The van der Waals surface area contributed by atoms with E-state index in [9.17, 15) is 14.4 Å². The molecule has 0 aromatic heterocycles. The second kappa shape index (κ2) is 7.12. The first-order valence-electron chi connectivity index (χ1n) is 6.52. The number of carbonyl (C=O) groups is 3. The van der Waals surface area contributed by atoms with Gasteiger partial charge in [0.25, 0.3) is 5.91 Å². The van der Waals surface area contributed by atoms with Crippen molar-refractivity contribution in [3.05, 3.63) is 35.9 Å². The maximum atomic E-state index is 12.3. The number of hydrogen-bond acceptors (Lipinski definition) is 4. The first-order valence-corrected chi connectivity index (χ1v) is 7.67. The quantitative estimate of drug-likeness (QED) is 0.843. The zero-order chi connectivity index (χ0) is 15.2. The molecule has 1 aliphatic rings. The zero-order valence-electron chi connectivity index (χ0n) is 11.3. The third-order valence-electron chi connectivity index (χ3n) is 3.07. The van der Waals surface area contributed by atoms with Gasteiger partial charge >= 0.3 is 5.97 Å². The Hall–Kier alpha value is -2.02. The first-order chi connectivity index (χ1) is 10.1. The topological polar surface area (TPSA) is 86.7 Å². The van der Waals surface area contributed by atoms with Crippen LogP contribution in [0.15, 0.2) is 30.3 Å². The number of carbonyl (C=O) groups excluding carboxylic acids is 2. The smallest absolute Gasteiger partial charge is 0.323 e. The molecule has 0 bridgehead atoms. The maximum absolute atomic E-state index is 12.3. The molecule has 1 aromatic carbocycles. The Bertz CT molecular complexity index is 535. The summed E-state index contributed by atoms with van der Waals surface area (Å²) in [5.74, 6) is -0.605. The highest BCUT2D eigenvalue weighted by Gasteiger charge is 2.29. The van der Waals surface area contributed by atoms with Crippen molar-refractivity contribution in [2.45, 2.75) is 6.04 Å². The summed E-state index contributed by atoms with van der Waals surface area (Å²) in [7, 11) is 0. The third kappa shape index (κ3) is 4.22. The van der Waals surface area contributed by atoms with E-state index in [0.717, 1.165) is 0 Å². The van der Waals surface area contributed by atoms with Crippen molar-refractivity contribution < 1.29 is 19.5 Å². The van der Waals surface area contributed by atoms with Gasteiger partial charge in [0.05, 0.1) is 0 Å². The predicted molar refractivity (Wildman–Crippen MR) is 79.2 cm³/mol. The van der Waals surface area contributed by atoms with Crippen LogP contribution in [-0.4, -0.2) is 58.4 Å². The molecule has 0 unspecified atom stereocenters. The summed E-state index contributed by atoms with van der Waals surface area (Å²) in [6, 6.07) is 7.93. The van der Waals surface area contributed by atoms with E-state index < -0.39 is 12.0 Å². The molecule has 0 spiro atoms. The van der Waals surface area contributed by atoms with Crippen LogP contribution in [0.3, 0.4) is 0 Å². The second-order valence-corrected chi connectivity index (χ2v) is 5.77. The van der Waals surface area contributed by atoms with Crippen molar-refractivity contribution in [3.63, 3.8) is 0 Å². The summed E-state index contributed by atoms with van der Waals surface area (Å²) >= 11 is 1.53. The molecule has 1 fully saturated rings. The van der Waals surface area contributed by atoms with Crippen LogP contribution in [0.5, 0.6) is 0 Å². The normalized spacial score (nSPS) is 19.0. The van der Waals surface area contributed by atoms with E-state index >= 15 is 0 Å². The lowest BCUT2D eigenvalue weighted by Gasteiger charge is -2.22. The van der Waals surface area contributed by atoms with E-state index in [1.165, 1.54) is 16.7 Å². The van der Waals surface area contributed by atoms with Gasteiger partial charge in [-0.05, 0) is 12.1 Å². The number of aliphatic carboxylic acids is 1. The molecule has 0 radical (unpaired) electrons. The molecule has 21 heavy (non-hydrogen) atoms. The van der Waals surface area contributed by atoms with E-state index in [0.29, 0.717) is 23.6 Å². The van der Waals surface area contributed by atoms with E-state index in [4.69, 9.17) is 5.11 Å². The number of nitrogens with one attached hydrogen (secondary N) is 1. The van der Waals surface area contributed by atoms with Gasteiger partial charge in [0.1, 0.15) is 12.6 Å². The molecule has 0 saturated carbocycles. The van der Waals surface area contributed by atoms with Crippen molar-refractivity contribution in [2.24, 2.45) is 0 Å². The van der Waals surface area contributed by atoms with Crippen molar-refractivity contribution >= 4 is 29.5 Å². The first kappa shape index (κ1) is 15.4. The molecule has 7 heteroatoms. The number of benzene rings is 1. The average molecular weight is 308 g/mol. The fraction of sp³-hybridized carbons (Fsp3) is 0.357. The van der Waals surface area contributed by atoms with Gasteiger partial charge in [0.2, 0.25) is 5.91 Å². The van der Waals surface area contributed by atoms with Crippen molar-refractivity contribution in [1.29, 1.82) is 0 Å². The minimum absolute atomic E-state index is 0.327. The van der Waals surface area contributed by atoms with Crippen molar-refractivity contribution in [1.82, 2.24) is 10.2 Å². The SMILES string of the molecule is O=C(O)CN1CCSC[C@H](NC(=O)c2ccccc2)C1=O. The van der Waals surface area contributed by atoms with Crippen LogP contribution in [0.2, 0.25) is 0 Å². The number of thioether (sulfide) groups is 1. The van der Waals surface area contributed by atoms with Gasteiger partial charge in [-0.3, -0.25) is 14.4 Å². The molecular formula is C14H16N2O4S. The Morgan fingerprint density at radius 3 is 2.71 bits per heavy atom. The summed E-state index contributed by atoms with van der Waals surface area (Å²) in [4.78, 5) is 36.4. The van der Waals surface area contributed by atoms with Gasteiger partial charge in [-0.1, -0.05) is 18.2 Å². The Balaban J connectivity index is 2.05. The Morgan fingerprint density at radius 2 is 2.05 bits per heavy atom. The Kier molecular flexibility index (Phi) is 5.21. The molecule has 112 valence electrons. The van der Waals surface area contributed by atoms with Crippen LogP contribution >= 0.6 is 11.8 Å². The molecule has 2 amide bonds. The van der Waals surface area contributed by atoms with Gasteiger partial charge in [-0.25, -0.2) is 0 Å². The van der Waals surface area contributed by atoms with Gasteiger partial charge in [0, 0.05) is 23.6 Å². The minimum atomic E-state index is -1.05. The fourth-order valence-corrected chi connectivity index (χ4v) is 3.01. The second-order valence-electron chi connectivity index (χ2n) is 4.62. The van der Waals surface area contributed by atoms with Gasteiger partial charge < -0.3 is 15.3 Å². The van der Waals surface area contributed by atoms with Crippen LogP contribution in [-0.2, 0) is 9.59 Å². The number of amides is 2.